The van der Waals surface area contributed by atoms with Gasteiger partial charge in [0.1, 0.15) is 11.6 Å². The number of hydrogen-bond donors (Lipinski definition) is 0. The molecule has 1 aromatic heterocycles. The second kappa shape index (κ2) is 12.2. The van der Waals surface area contributed by atoms with Gasteiger partial charge in [0.05, 0.1) is 41.6 Å². The largest absolute Gasteiger partial charge is 0.463 e. The van der Waals surface area contributed by atoms with Crippen LogP contribution < -0.4 is 9.47 Å². The highest BCUT2D eigenvalue weighted by Crippen LogP contribution is 2.49. The predicted molar refractivity (Wildman–Crippen MR) is 164 cm³/mol. The Morgan fingerprint density at radius 2 is 2.00 bits per heavy atom. The Balaban J connectivity index is 1.15. The molecule has 0 radical (unpaired) electrons. The van der Waals surface area contributed by atoms with Crippen LogP contribution in [-0.4, -0.2) is 59.5 Å². The Hall–Kier alpha value is -3.41. The van der Waals surface area contributed by atoms with E-state index in [9.17, 15) is 17.6 Å². The first-order valence-electron chi connectivity index (χ1n) is 14.9. The number of aromatic nitrogens is 2. The first kappa shape index (κ1) is 30.6. The molecule has 6 rings (SSSR count). The molecular formula is C32H35ClFN3O6S. The first-order valence-corrected chi connectivity index (χ1v) is 17.0. The molecule has 12 heteroatoms. The van der Waals surface area contributed by atoms with Crippen LogP contribution in [0, 0.1) is 5.82 Å². The summed E-state index contributed by atoms with van der Waals surface area (Å²) < 4.78 is 58.9. The fourth-order valence-electron chi connectivity index (χ4n) is 6.17. The number of piperidine rings is 1. The molecule has 3 aromatic rings. The van der Waals surface area contributed by atoms with E-state index in [0.29, 0.717) is 41.7 Å². The molecule has 4 heterocycles. The van der Waals surface area contributed by atoms with Gasteiger partial charge in [0.25, 0.3) is 5.79 Å². The van der Waals surface area contributed by atoms with Crippen molar-refractivity contribution in [3.63, 3.8) is 0 Å². The molecular weight excluding hydrogens is 609 g/mol. The minimum atomic E-state index is -3.11. The van der Waals surface area contributed by atoms with Crippen LogP contribution in [0.4, 0.5) is 4.39 Å². The maximum atomic E-state index is 14.8. The van der Waals surface area contributed by atoms with Crippen LogP contribution in [0.15, 0.2) is 48.7 Å². The van der Waals surface area contributed by atoms with Crippen LogP contribution in [0.2, 0.25) is 5.02 Å². The number of rotatable bonds is 9. The van der Waals surface area contributed by atoms with Crippen molar-refractivity contribution in [2.45, 2.75) is 63.2 Å². The first-order chi connectivity index (χ1) is 21.1. The van der Waals surface area contributed by atoms with Crippen LogP contribution in [0.5, 0.6) is 11.5 Å². The van der Waals surface area contributed by atoms with E-state index in [-0.39, 0.29) is 23.8 Å². The molecule has 2 fully saturated rings. The number of nitrogens with zero attached hydrogens (tertiary/aromatic N) is 3. The van der Waals surface area contributed by atoms with Gasteiger partial charge in [-0.1, -0.05) is 23.7 Å². The van der Waals surface area contributed by atoms with E-state index in [1.807, 2.05) is 22.8 Å². The predicted octanol–water partition coefficient (Wildman–Crippen LogP) is 5.46. The highest BCUT2D eigenvalue weighted by atomic mass is 35.5. The van der Waals surface area contributed by atoms with Crippen LogP contribution in [0.25, 0.3) is 6.08 Å². The Morgan fingerprint density at radius 3 is 2.68 bits per heavy atom. The Morgan fingerprint density at radius 1 is 1.20 bits per heavy atom. The lowest BCUT2D eigenvalue weighted by atomic mass is 9.88. The minimum Gasteiger partial charge on any atom is -0.463 e. The Labute approximate surface area is 261 Å². The second-order valence-corrected chi connectivity index (χ2v) is 14.4. The molecule has 2 saturated heterocycles. The molecule has 0 bridgehead atoms. The highest BCUT2D eigenvalue weighted by Gasteiger charge is 2.43. The van der Waals surface area contributed by atoms with Crippen molar-refractivity contribution in [1.82, 2.24) is 14.5 Å². The normalized spacial score (nSPS) is 23.1. The molecule has 0 aliphatic carbocycles. The molecule has 3 aliphatic rings. The van der Waals surface area contributed by atoms with Gasteiger partial charge >= 0.3 is 5.97 Å². The number of halogens is 2. The van der Waals surface area contributed by atoms with Gasteiger partial charge in [-0.25, -0.2) is 22.6 Å². The molecule has 0 N–H and O–H groups in total. The number of likely N-dealkylation sites (tertiary alicyclic amines) is 1. The number of carbonyl (C=O) groups excluding carboxylic acids is 1. The van der Waals surface area contributed by atoms with E-state index in [4.69, 9.17) is 25.8 Å². The summed E-state index contributed by atoms with van der Waals surface area (Å²) in [5.74, 6) is 0.136. The second-order valence-electron chi connectivity index (χ2n) is 11.6. The summed E-state index contributed by atoms with van der Waals surface area (Å²) in [6.07, 6.45) is 6.99. The van der Waals surface area contributed by atoms with Gasteiger partial charge in [-0.3, -0.25) is 4.90 Å². The minimum absolute atomic E-state index is 0.203. The van der Waals surface area contributed by atoms with Gasteiger partial charge in [0, 0.05) is 30.1 Å². The third-order valence-corrected chi connectivity index (χ3v) is 11.1. The van der Waals surface area contributed by atoms with Gasteiger partial charge in [-0.15, -0.1) is 0 Å². The molecule has 3 aliphatic heterocycles. The molecule has 0 spiro atoms. The van der Waals surface area contributed by atoms with E-state index in [1.165, 1.54) is 12.1 Å². The molecule has 2 atom stereocenters. The zero-order valence-corrected chi connectivity index (χ0v) is 26.2. The van der Waals surface area contributed by atoms with E-state index in [0.717, 1.165) is 37.3 Å². The Kier molecular flexibility index (Phi) is 8.47. The molecule has 44 heavy (non-hydrogen) atoms. The van der Waals surface area contributed by atoms with Crippen molar-refractivity contribution in [1.29, 1.82) is 0 Å². The average Bonchev–Trinajstić information content (AvgIpc) is 3.54. The van der Waals surface area contributed by atoms with E-state index in [1.54, 1.807) is 38.3 Å². The fraction of sp³-hybridized carbons (Fsp3) is 0.438. The number of carbonyl (C=O) groups is 1. The van der Waals surface area contributed by atoms with Crippen molar-refractivity contribution in [2.75, 3.05) is 25.4 Å². The van der Waals surface area contributed by atoms with Gasteiger partial charge < -0.3 is 18.8 Å². The number of hydrogen-bond acceptors (Lipinski definition) is 8. The number of para-hydroxylation sites is 1. The van der Waals surface area contributed by atoms with Crippen LogP contribution in [0.1, 0.15) is 61.7 Å². The van der Waals surface area contributed by atoms with Crippen molar-refractivity contribution in [3.05, 3.63) is 82.2 Å². The zero-order chi connectivity index (χ0) is 31.1. The number of sulfone groups is 1. The summed E-state index contributed by atoms with van der Waals surface area (Å²) in [4.78, 5) is 18.8. The SMILES string of the molecule is CCOC(=O)/C=C/c1cnc(CN2CCC(c3cccc4c3OC(C)(c3ccc(Cl)cc3F)O4)CC2)n1CC1CCS1(=O)=O. The number of imidazole rings is 1. The van der Waals surface area contributed by atoms with Crippen LogP contribution in [0.3, 0.4) is 0 Å². The maximum Gasteiger partial charge on any atom is 0.330 e. The van der Waals surface area contributed by atoms with E-state index in [2.05, 4.69) is 9.88 Å². The highest BCUT2D eigenvalue weighted by molar-refractivity contribution is 7.93. The van der Waals surface area contributed by atoms with Crippen LogP contribution >= 0.6 is 11.6 Å². The monoisotopic (exact) mass is 643 g/mol. The molecule has 0 saturated carbocycles. The summed E-state index contributed by atoms with van der Waals surface area (Å²) in [6.45, 7) is 6.16. The summed E-state index contributed by atoms with van der Waals surface area (Å²) in [6, 6.07) is 10.3. The van der Waals surface area contributed by atoms with Gasteiger partial charge in [0.15, 0.2) is 21.3 Å². The molecule has 234 valence electrons. The molecule has 9 nitrogen and oxygen atoms in total. The molecule has 0 amide bonds. The third-order valence-electron chi connectivity index (χ3n) is 8.69. The van der Waals surface area contributed by atoms with Crippen LogP contribution in [-0.2, 0) is 38.2 Å². The average molecular weight is 644 g/mol. The van der Waals surface area contributed by atoms with Gasteiger partial charge in [-0.05, 0) is 75.5 Å². The van der Waals surface area contributed by atoms with E-state index < -0.39 is 32.7 Å². The summed E-state index contributed by atoms with van der Waals surface area (Å²) in [5.41, 5.74) is 1.98. The standard InChI is InChI=1S/C32H35ClFN3O6S/c1-3-41-30(38)10-8-23-18-35-29(37(23)19-24-13-16-44(24,39)40)20-36-14-11-21(12-15-36)25-5-4-6-28-31(25)43-32(2,42-28)26-9-7-22(33)17-27(26)34/h4-10,17-18,21,24H,3,11-16,19-20H2,1-2H3/b10-8+. The summed E-state index contributed by atoms with van der Waals surface area (Å²) in [7, 11) is -3.11. The molecule has 2 aromatic carbocycles. The van der Waals surface area contributed by atoms with Crippen molar-refractivity contribution in [3.8, 4) is 11.5 Å². The van der Waals surface area contributed by atoms with Gasteiger partial charge in [-0.2, -0.15) is 0 Å². The molecule has 2 unspecified atom stereocenters. The fourth-order valence-corrected chi connectivity index (χ4v) is 7.66. The summed E-state index contributed by atoms with van der Waals surface area (Å²) >= 11 is 5.96. The van der Waals surface area contributed by atoms with E-state index >= 15 is 0 Å². The number of benzene rings is 2. The van der Waals surface area contributed by atoms with Crippen molar-refractivity contribution in [2.24, 2.45) is 0 Å². The topological polar surface area (TPSA) is 100.0 Å². The van der Waals surface area contributed by atoms with Crippen molar-refractivity contribution >= 4 is 33.5 Å². The smallest absolute Gasteiger partial charge is 0.330 e. The Bertz CT molecular complexity index is 1700. The number of esters is 1. The quantitative estimate of drug-likeness (QED) is 0.224. The van der Waals surface area contributed by atoms with Crippen molar-refractivity contribution < 1.29 is 31.8 Å². The lowest BCUT2D eigenvalue weighted by Gasteiger charge is -2.33. The maximum absolute atomic E-state index is 14.8. The number of ether oxygens (including phenoxy) is 3. The lowest BCUT2D eigenvalue weighted by Crippen LogP contribution is -2.40. The van der Waals surface area contributed by atoms with Gasteiger partial charge in [0.2, 0.25) is 0 Å². The summed E-state index contributed by atoms with van der Waals surface area (Å²) in [5, 5.41) is -0.150. The number of fused-ring (bicyclic) bond motifs is 1. The third kappa shape index (κ3) is 6.09. The lowest BCUT2D eigenvalue weighted by molar-refractivity contribution is -0.137. The zero-order valence-electron chi connectivity index (χ0n) is 24.7.